The highest BCUT2D eigenvalue weighted by molar-refractivity contribution is 7.92. The molecule has 4 rings (SSSR count). The number of nitrogens with two attached hydrogens (primary N) is 1. The lowest BCUT2D eigenvalue weighted by Crippen LogP contribution is -2.42. The minimum atomic E-state index is -3.89. The maximum Gasteiger partial charge on any atom is 0.212 e. The van der Waals surface area contributed by atoms with E-state index in [1.54, 1.807) is 12.1 Å². The summed E-state index contributed by atoms with van der Waals surface area (Å²) in [6, 6.07) is 6.17. The molecule has 1 aromatic carbocycles. The van der Waals surface area contributed by atoms with Crippen molar-refractivity contribution in [3.8, 4) is 5.75 Å². The van der Waals surface area contributed by atoms with Crippen LogP contribution in [0, 0.1) is 0 Å². The molecule has 1 aliphatic rings. The van der Waals surface area contributed by atoms with Gasteiger partial charge in [0.1, 0.15) is 33.8 Å². The molecule has 0 spiro atoms. The lowest BCUT2D eigenvalue weighted by Gasteiger charge is -2.33. The fourth-order valence-electron chi connectivity index (χ4n) is 3.53. The van der Waals surface area contributed by atoms with Crippen molar-refractivity contribution in [3.05, 3.63) is 30.6 Å². The standard InChI is InChI=1S/C19H23N5O4S/c1-3-12-10-24(8-9-28-12)19-16-15(21-11-22-19)17(18(20)23-16)29(25,26)14-6-4-13(27-2)5-7-14/h4-7,11-12,23H,3,8-10,20H2,1-2H3. The summed E-state index contributed by atoms with van der Waals surface area (Å²) in [6.45, 7) is 3.97. The molecule has 2 aromatic heterocycles. The highest BCUT2D eigenvalue weighted by atomic mass is 32.2. The number of anilines is 2. The number of sulfone groups is 1. The molecule has 1 aliphatic heterocycles. The van der Waals surface area contributed by atoms with Crippen LogP contribution in [0.15, 0.2) is 40.4 Å². The van der Waals surface area contributed by atoms with Gasteiger partial charge in [-0.25, -0.2) is 18.4 Å². The van der Waals surface area contributed by atoms with E-state index in [-0.39, 0.29) is 27.2 Å². The van der Waals surface area contributed by atoms with E-state index in [1.807, 2.05) is 0 Å². The first-order chi connectivity index (χ1) is 14.0. The van der Waals surface area contributed by atoms with Gasteiger partial charge in [0.15, 0.2) is 5.82 Å². The number of nitrogen functional groups attached to an aromatic ring is 1. The molecule has 0 amide bonds. The smallest absolute Gasteiger partial charge is 0.212 e. The number of hydrogen-bond donors (Lipinski definition) is 2. The molecule has 154 valence electrons. The van der Waals surface area contributed by atoms with Gasteiger partial charge in [-0.05, 0) is 30.7 Å². The molecule has 3 N–H and O–H groups in total. The van der Waals surface area contributed by atoms with Crippen molar-refractivity contribution in [3.63, 3.8) is 0 Å². The van der Waals surface area contributed by atoms with Gasteiger partial charge in [-0.1, -0.05) is 6.92 Å². The number of morpholine rings is 1. The van der Waals surface area contributed by atoms with E-state index in [0.29, 0.717) is 36.8 Å². The fourth-order valence-corrected chi connectivity index (χ4v) is 5.01. The first-order valence-corrected chi connectivity index (χ1v) is 10.8. The van der Waals surface area contributed by atoms with E-state index in [0.717, 1.165) is 6.42 Å². The Morgan fingerprint density at radius 1 is 1.31 bits per heavy atom. The van der Waals surface area contributed by atoms with E-state index in [9.17, 15) is 8.42 Å². The lowest BCUT2D eigenvalue weighted by atomic mass is 10.2. The summed E-state index contributed by atoms with van der Waals surface area (Å²) < 4.78 is 37.4. The monoisotopic (exact) mass is 417 g/mol. The maximum absolute atomic E-state index is 13.3. The van der Waals surface area contributed by atoms with Gasteiger partial charge in [-0.15, -0.1) is 0 Å². The Morgan fingerprint density at radius 2 is 2.07 bits per heavy atom. The van der Waals surface area contributed by atoms with Crippen LogP contribution in [0.25, 0.3) is 11.0 Å². The number of hydrogen-bond acceptors (Lipinski definition) is 8. The molecule has 29 heavy (non-hydrogen) atoms. The third-order valence-electron chi connectivity index (χ3n) is 5.08. The van der Waals surface area contributed by atoms with Gasteiger partial charge in [-0.3, -0.25) is 0 Å². The van der Waals surface area contributed by atoms with Crippen molar-refractivity contribution in [1.29, 1.82) is 0 Å². The summed E-state index contributed by atoms with van der Waals surface area (Å²) in [7, 11) is -2.36. The van der Waals surface area contributed by atoms with Crippen LogP contribution in [-0.2, 0) is 14.6 Å². The van der Waals surface area contributed by atoms with Crippen molar-refractivity contribution in [2.45, 2.75) is 29.2 Å². The number of nitrogens with zero attached hydrogens (tertiary/aromatic N) is 3. The van der Waals surface area contributed by atoms with E-state index in [1.165, 1.54) is 25.6 Å². The molecule has 10 heteroatoms. The second kappa shape index (κ2) is 7.53. The minimum Gasteiger partial charge on any atom is -0.497 e. The van der Waals surface area contributed by atoms with Gasteiger partial charge < -0.3 is 25.1 Å². The van der Waals surface area contributed by atoms with Crippen molar-refractivity contribution >= 4 is 32.5 Å². The molecule has 0 saturated carbocycles. The zero-order valence-corrected chi connectivity index (χ0v) is 17.1. The van der Waals surface area contributed by atoms with Crippen LogP contribution in [0.2, 0.25) is 0 Å². The Balaban J connectivity index is 1.81. The van der Waals surface area contributed by atoms with Gasteiger partial charge in [0.25, 0.3) is 0 Å². The Hall–Kier alpha value is -2.85. The molecule has 0 aliphatic carbocycles. The Labute approximate surface area is 168 Å². The molecule has 1 atom stereocenters. The number of fused-ring (bicyclic) bond motifs is 1. The number of nitrogens with one attached hydrogen (secondary N) is 1. The van der Waals surface area contributed by atoms with E-state index in [2.05, 4.69) is 26.8 Å². The van der Waals surface area contributed by atoms with E-state index < -0.39 is 9.84 Å². The zero-order chi connectivity index (χ0) is 20.6. The van der Waals surface area contributed by atoms with Crippen molar-refractivity contribution in [1.82, 2.24) is 15.0 Å². The molecule has 9 nitrogen and oxygen atoms in total. The predicted molar refractivity (Wildman–Crippen MR) is 109 cm³/mol. The molecule has 3 aromatic rings. The zero-order valence-electron chi connectivity index (χ0n) is 16.3. The molecule has 1 unspecified atom stereocenters. The first-order valence-electron chi connectivity index (χ1n) is 9.33. The third kappa shape index (κ3) is 3.38. The lowest BCUT2D eigenvalue weighted by molar-refractivity contribution is 0.0382. The quantitative estimate of drug-likeness (QED) is 0.646. The highest BCUT2D eigenvalue weighted by Crippen LogP contribution is 2.36. The van der Waals surface area contributed by atoms with Gasteiger partial charge in [-0.2, -0.15) is 0 Å². The second-order valence-electron chi connectivity index (χ2n) is 6.81. The average Bonchev–Trinajstić information content (AvgIpc) is 3.10. The summed E-state index contributed by atoms with van der Waals surface area (Å²) in [6.07, 6.45) is 2.35. The van der Waals surface area contributed by atoms with Crippen LogP contribution in [0.3, 0.4) is 0 Å². The number of methoxy groups -OCH3 is 1. The Bertz CT molecular complexity index is 1130. The number of aromatic nitrogens is 3. The van der Waals surface area contributed by atoms with Crippen molar-refractivity contribution < 1.29 is 17.9 Å². The molecule has 1 fully saturated rings. The summed E-state index contributed by atoms with van der Waals surface area (Å²) in [5.41, 5.74) is 6.90. The van der Waals surface area contributed by atoms with E-state index >= 15 is 0 Å². The molecule has 1 saturated heterocycles. The topological polar surface area (TPSA) is 123 Å². The van der Waals surface area contributed by atoms with Crippen molar-refractivity contribution in [2.75, 3.05) is 37.4 Å². The highest BCUT2D eigenvalue weighted by Gasteiger charge is 2.30. The molecule has 3 heterocycles. The number of benzene rings is 1. The summed E-state index contributed by atoms with van der Waals surface area (Å²) >= 11 is 0. The molecular formula is C19H23N5O4S. The normalized spacial score (nSPS) is 17.6. The SMILES string of the molecule is CCC1CN(c2ncnc3c(S(=O)(=O)c4ccc(OC)cc4)c(N)[nH]c23)CCO1. The second-order valence-corrected chi connectivity index (χ2v) is 8.70. The van der Waals surface area contributed by atoms with Crippen molar-refractivity contribution in [2.24, 2.45) is 0 Å². The maximum atomic E-state index is 13.3. The molecule has 0 bridgehead atoms. The van der Waals surface area contributed by atoms with Gasteiger partial charge in [0, 0.05) is 13.1 Å². The van der Waals surface area contributed by atoms with Crippen LogP contribution in [-0.4, -0.2) is 56.3 Å². The van der Waals surface area contributed by atoms with Crippen LogP contribution >= 0.6 is 0 Å². The van der Waals surface area contributed by atoms with E-state index in [4.69, 9.17) is 15.2 Å². The van der Waals surface area contributed by atoms with Crippen LogP contribution in [0.1, 0.15) is 13.3 Å². The van der Waals surface area contributed by atoms with Gasteiger partial charge in [0.2, 0.25) is 9.84 Å². The van der Waals surface area contributed by atoms with Crippen LogP contribution in [0.5, 0.6) is 5.75 Å². The van der Waals surface area contributed by atoms with Crippen LogP contribution in [0.4, 0.5) is 11.6 Å². The first kappa shape index (κ1) is 19.5. The number of ether oxygens (including phenoxy) is 2. The predicted octanol–water partition coefficient (Wildman–Crippen LogP) is 2.00. The molecule has 0 radical (unpaired) electrons. The Morgan fingerprint density at radius 3 is 2.76 bits per heavy atom. The van der Waals surface area contributed by atoms with Crippen LogP contribution < -0.4 is 15.4 Å². The van der Waals surface area contributed by atoms with Gasteiger partial charge in [0.05, 0.1) is 24.7 Å². The fraction of sp³-hybridized carbons (Fsp3) is 0.368. The summed E-state index contributed by atoms with van der Waals surface area (Å²) in [5, 5.41) is 0. The number of aromatic amines is 1. The third-order valence-corrected chi connectivity index (χ3v) is 6.92. The largest absolute Gasteiger partial charge is 0.497 e. The Kier molecular flexibility index (Phi) is 5.05. The average molecular weight is 417 g/mol. The summed E-state index contributed by atoms with van der Waals surface area (Å²) in [5.74, 6) is 1.23. The minimum absolute atomic E-state index is 0.0397. The summed E-state index contributed by atoms with van der Waals surface area (Å²) in [4.78, 5) is 13.8. The molecular weight excluding hydrogens is 394 g/mol. The van der Waals surface area contributed by atoms with Gasteiger partial charge >= 0.3 is 0 Å². The number of H-pyrrole nitrogens is 1. The number of rotatable bonds is 5.